The number of thiazole rings is 1. The largest absolute Gasteiger partial charge is 0.341 e. The van der Waals surface area contributed by atoms with Crippen molar-refractivity contribution < 1.29 is 4.79 Å². The molecule has 2 aliphatic heterocycles. The van der Waals surface area contributed by atoms with E-state index >= 15 is 0 Å². The molecular weight excluding hydrogens is 308 g/mol. The Labute approximate surface area is 139 Å². The summed E-state index contributed by atoms with van der Waals surface area (Å²) in [5, 5.41) is 6.53. The van der Waals surface area contributed by atoms with Gasteiger partial charge in [0, 0.05) is 48.5 Å². The van der Waals surface area contributed by atoms with Crippen molar-refractivity contribution in [3.05, 3.63) is 35.6 Å². The summed E-state index contributed by atoms with van der Waals surface area (Å²) in [5.41, 5.74) is 1.87. The van der Waals surface area contributed by atoms with Crippen LogP contribution in [0.3, 0.4) is 0 Å². The van der Waals surface area contributed by atoms with Crippen LogP contribution in [0, 0.1) is 0 Å². The molecule has 2 unspecified atom stereocenters. The molecule has 2 aliphatic rings. The van der Waals surface area contributed by atoms with Gasteiger partial charge in [0.15, 0.2) is 0 Å². The Balaban J connectivity index is 1.42. The van der Waals surface area contributed by atoms with Crippen LogP contribution in [0.15, 0.2) is 29.9 Å². The standard InChI is InChI=1S/C17H20N4OS/c22-16(21-7-5-13-3-4-14(10-21)19-13)8-15-11-23-17(20-15)12-2-1-6-18-9-12/h1-2,6,9,11,13-14,19H,3-5,7-8,10H2. The van der Waals surface area contributed by atoms with Gasteiger partial charge >= 0.3 is 0 Å². The quantitative estimate of drug-likeness (QED) is 0.937. The summed E-state index contributed by atoms with van der Waals surface area (Å²) in [6.45, 7) is 1.71. The highest BCUT2D eigenvalue weighted by Gasteiger charge is 2.31. The molecule has 2 aromatic heterocycles. The molecule has 0 aliphatic carbocycles. The minimum atomic E-state index is 0.197. The average molecular weight is 328 g/mol. The van der Waals surface area contributed by atoms with E-state index in [-0.39, 0.29) is 5.91 Å². The Hall–Kier alpha value is -1.79. The predicted molar refractivity (Wildman–Crippen MR) is 90.2 cm³/mol. The lowest BCUT2D eigenvalue weighted by Crippen LogP contribution is -2.39. The molecule has 0 aromatic carbocycles. The summed E-state index contributed by atoms with van der Waals surface area (Å²) < 4.78 is 0. The molecule has 1 N–H and O–H groups in total. The fraction of sp³-hybridized carbons (Fsp3) is 0.471. The van der Waals surface area contributed by atoms with Gasteiger partial charge in [0.2, 0.25) is 5.91 Å². The first-order valence-electron chi connectivity index (χ1n) is 8.16. The Kier molecular flexibility index (Phi) is 4.10. The molecule has 0 radical (unpaired) electrons. The van der Waals surface area contributed by atoms with Crippen molar-refractivity contribution in [1.82, 2.24) is 20.2 Å². The number of carbonyl (C=O) groups is 1. The molecule has 2 aromatic rings. The summed E-state index contributed by atoms with van der Waals surface area (Å²) in [4.78, 5) is 23.3. The molecule has 2 atom stereocenters. The van der Waals surface area contributed by atoms with Gasteiger partial charge in [-0.05, 0) is 31.4 Å². The van der Waals surface area contributed by atoms with Gasteiger partial charge in [0.05, 0.1) is 12.1 Å². The summed E-state index contributed by atoms with van der Waals surface area (Å²) in [6, 6.07) is 4.98. The van der Waals surface area contributed by atoms with Crippen molar-refractivity contribution in [2.24, 2.45) is 0 Å². The van der Waals surface area contributed by atoms with E-state index in [1.54, 1.807) is 17.5 Å². The van der Waals surface area contributed by atoms with Gasteiger partial charge < -0.3 is 10.2 Å². The van der Waals surface area contributed by atoms with Gasteiger partial charge in [-0.25, -0.2) is 4.98 Å². The fourth-order valence-corrected chi connectivity index (χ4v) is 4.26. The van der Waals surface area contributed by atoms with Crippen molar-refractivity contribution in [1.29, 1.82) is 0 Å². The molecule has 4 heterocycles. The molecule has 2 bridgehead atoms. The van der Waals surface area contributed by atoms with Crippen LogP contribution in [-0.4, -0.2) is 45.9 Å². The van der Waals surface area contributed by atoms with Gasteiger partial charge in [-0.2, -0.15) is 0 Å². The smallest absolute Gasteiger partial charge is 0.228 e. The van der Waals surface area contributed by atoms with Crippen molar-refractivity contribution in [2.45, 2.75) is 37.8 Å². The number of hydrogen-bond acceptors (Lipinski definition) is 5. The number of fused-ring (bicyclic) bond motifs is 2. The van der Waals surface area contributed by atoms with E-state index in [0.717, 1.165) is 35.8 Å². The summed E-state index contributed by atoms with van der Waals surface area (Å²) in [6.07, 6.45) is 7.47. The SMILES string of the molecule is O=C(Cc1csc(-c2cccnc2)n1)N1CCC2CCC(C1)N2. The molecular formula is C17H20N4OS. The van der Waals surface area contributed by atoms with E-state index < -0.39 is 0 Å². The molecule has 2 saturated heterocycles. The second-order valence-corrected chi connectivity index (χ2v) is 7.19. The minimum Gasteiger partial charge on any atom is -0.341 e. The van der Waals surface area contributed by atoms with Crippen LogP contribution in [0.5, 0.6) is 0 Å². The third kappa shape index (κ3) is 3.28. The van der Waals surface area contributed by atoms with Crippen molar-refractivity contribution in [3.8, 4) is 10.6 Å². The van der Waals surface area contributed by atoms with Gasteiger partial charge in [0.1, 0.15) is 5.01 Å². The number of rotatable bonds is 3. The van der Waals surface area contributed by atoms with Crippen molar-refractivity contribution in [2.75, 3.05) is 13.1 Å². The van der Waals surface area contributed by atoms with Crippen LogP contribution in [0.2, 0.25) is 0 Å². The predicted octanol–water partition coefficient (Wildman–Crippen LogP) is 2.10. The molecule has 23 heavy (non-hydrogen) atoms. The zero-order valence-electron chi connectivity index (χ0n) is 12.9. The number of carbonyl (C=O) groups excluding carboxylic acids is 1. The highest BCUT2D eigenvalue weighted by molar-refractivity contribution is 7.13. The van der Waals surface area contributed by atoms with E-state index in [0.29, 0.717) is 18.5 Å². The third-order valence-electron chi connectivity index (χ3n) is 4.67. The van der Waals surface area contributed by atoms with E-state index in [9.17, 15) is 4.79 Å². The van der Waals surface area contributed by atoms with Crippen LogP contribution in [0.25, 0.3) is 10.6 Å². The van der Waals surface area contributed by atoms with E-state index in [1.807, 2.05) is 28.6 Å². The molecule has 4 rings (SSSR count). The number of likely N-dealkylation sites (tertiary alicyclic amines) is 1. The average Bonchev–Trinajstić information content (AvgIpc) is 3.14. The molecule has 5 nitrogen and oxygen atoms in total. The Morgan fingerprint density at radius 3 is 3.13 bits per heavy atom. The Bertz CT molecular complexity index is 687. The van der Waals surface area contributed by atoms with Crippen LogP contribution in [-0.2, 0) is 11.2 Å². The number of aromatic nitrogens is 2. The maximum atomic E-state index is 12.6. The third-order valence-corrected chi connectivity index (χ3v) is 5.61. The first-order chi connectivity index (χ1) is 11.3. The van der Waals surface area contributed by atoms with E-state index in [1.165, 1.54) is 12.8 Å². The first kappa shape index (κ1) is 14.8. The minimum absolute atomic E-state index is 0.197. The second kappa shape index (κ2) is 6.37. The Morgan fingerprint density at radius 1 is 1.35 bits per heavy atom. The van der Waals surface area contributed by atoms with Gasteiger partial charge in [0.25, 0.3) is 0 Å². The monoisotopic (exact) mass is 328 g/mol. The van der Waals surface area contributed by atoms with Crippen molar-refractivity contribution in [3.63, 3.8) is 0 Å². The lowest BCUT2D eigenvalue weighted by molar-refractivity contribution is -0.130. The zero-order chi connectivity index (χ0) is 15.6. The normalized spacial score (nSPS) is 23.7. The first-order valence-corrected chi connectivity index (χ1v) is 9.04. The lowest BCUT2D eigenvalue weighted by atomic mass is 10.1. The van der Waals surface area contributed by atoms with Gasteiger partial charge in [-0.1, -0.05) is 0 Å². The molecule has 1 amide bonds. The Morgan fingerprint density at radius 2 is 2.26 bits per heavy atom. The van der Waals surface area contributed by atoms with E-state index in [2.05, 4.69) is 15.3 Å². The van der Waals surface area contributed by atoms with Gasteiger partial charge in [-0.15, -0.1) is 11.3 Å². The summed E-state index contributed by atoms with van der Waals surface area (Å²) in [7, 11) is 0. The highest BCUT2D eigenvalue weighted by Crippen LogP contribution is 2.24. The number of nitrogens with one attached hydrogen (secondary N) is 1. The second-order valence-electron chi connectivity index (χ2n) is 6.33. The maximum Gasteiger partial charge on any atom is 0.228 e. The molecule has 120 valence electrons. The maximum absolute atomic E-state index is 12.6. The lowest BCUT2D eigenvalue weighted by Gasteiger charge is -2.24. The number of amides is 1. The zero-order valence-corrected chi connectivity index (χ0v) is 13.8. The van der Waals surface area contributed by atoms with E-state index in [4.69, 9.17) is 0 Å². The summed E-state index contributed by atoms with van der Waals surface area (Å²) in [5.74, 6) is 0.197. The van der Waals surface area contributed by atoms with Crippen LogP contribution in [0.4, 0.5) is 0 Å². The fourth-order valence-electron chi connectivity index (χ4n) is 3.45. The van der Waals surface area contributed by atoms with Crippen LogP contribution in [0.1, 0.15) is 25.0 Å². The summed E-state index contributed by atoms with van der Waals surface area (Å²) >= 11 is 1.57. The number of hydrogen-bond donors (Lipinski definition) is 1. The topological polar surface area (TPSA) is 58.1 Å². The van der Waals surface area contributed by atoms with Crippen LogP contribution >= 0.6 is 11.3 Å². The van der Waals surface area contributed by atoms with Crippen LogP contribution < -0.4 is 5.32 Å². The molecule has 0 spiro atoms. The number of nitrogens with zero attached hydrogens (tertiary/aromatic N) is 3. The molecule has 6 heteroatoms. The molecule has 0 saturated carbocycles. The molecule has 2 fully saturated rings. The highest BCUT2D eigenvalue weighted by atomic mass is 32.1. The van der Waals surface area contributed by atoms with Gasteiger partial charge in [-0.3, -0.25) is 9.78 Å². The number of pyridine rings is 1. The van der Waals surface area contributed by atoms with Crippen molar-refractivity contribution >= 4 is 17.2 Å².